The van der Waals surface area contributed by atoms with Gasteiger partial charge in [0.05, 0.1) is 25.2 Å². The van der Waals surface area contributed by atoms with Crippen LogP contribution >= 0.6 is 0 Å². The average Bonchev–Trinajstić information content (AvgIpc) is 3.10. The number of hydrogen-bond acceptors (Lipinski definition) is 4. The van der Waals surface area contributed by atoms with E-state index in [0.717, 1.165) is 23.0 Å². The van der Waals surface area contributed by atoms with Crippen LogP contribution in [0.3, 0.4) is 0 Å². The number of hydrogen-bond donors (Lipinski definition) is 0. The number of halogens is 2. The van der Waals surface area contributed by atoms with Gasteiger partial charge in [0.25, 0.3) is 0 Å². The number of methoxy groups -OCH3 is 1. The molecule has 0 N–H and O–H groups in total. The monoisotopic (exact) mass is 387 g/mol. The molecule has 146 valence electrons. The van der Waals surface area contributed by atoms with Gasteiger partial charge in [-0.25, -0.2) is 8.78 Å². The Morgan fingerprint density at radius 3 is 2.68 bits per heavy atom. The van der Waals surface area contributed by atoms with Crippen molar-refractivity contribution in [2.45, 2.75) is 19.5 Å². The smallest absolute Gasteiger partial charge is 0.307 e. The van der Waals surface area contributed by atoms with E-state index in [-0.39, 0.29) is 32.0 Å². The quantitative estimate of drug-likeness (QED) is 0.585. The molecule has 0 bridgehead atoms. The van der Waals surface area contributed by atoms with Crippen molar-refractivity contribution in [3.05, 3.63) is 65.9 Å². The molecule has 0 aliphatic heterocycles. The van der Waals surface area contributed by atoms with Crippen LogP contribution in [0.5, 0.6) is 0 Å². The van der Waals surface area contributed by atoms with E-state index in [0.29, 0.717) is 5.56 Å². The lowest BCUT2D eigenvalue weighted by atomic mass is 10.2. The SMILES string of the molecule is COC(=O)CCN(Cc1ccc(F)c(F)c1)C(=O)Cn1ncc2ccccc21. The third-order valence-corrected chi connectivity index (χ3v) is 4.36. The Morgan fingerprint density at radius 1 is 1.14 bits per heavy atom. The highest BCUT2D eigenvalue weighted by Gasteiger charge is 2.18. The third kappa shape index (κ3) is 4.51. The van der Waals surface area contributed by atoms with Crippen molar-refractivity contribution < 1.29 is 23.1 Å². The average molecular weight is 387 g/mol. The van der Waals surface area contributed by atoms with Crippen molar-refractivity contribution >= 4 is 22.8 Å². The third-order valence-electron chi connectivity index (χ3n) is 4.36. The molecule has 1 amide bonds. The van der Waals surface area contributed by atoms with Gasteiger partial charge in [-0.3, -0.25) is 14.3 Å². The molecule has 0 radical (unpaired) electrons. The Bertz CT molecular complexity index is 1000. The van der Waals surface area contributed by atoms with Crippen molar-refractivity contribution in [2.24, 2.45) is 0 Å². The topological polar surface area (TPSA) is 64.4 Å². The predicted octanol–water partition coefficient (Wildman–Crippen LogP) is 2.91. The first-order valence-corrected chi connectivity index (χ1v) is 8.67. The maximum absolute atomic E-state index is 13.5. The summed E-state index contributed by atoms with van der Waals surface area (Å²) in [4.78, 5) is 25.8. The van der Waals surface area contributed by atoms with Crippen LogP contribution in [-0.2, 0) is 27.4 Å². The summed E-state index contributed by atoms with van der Waals surface area (Å²) in [5.41, 5.74) is 1.22. The van der Waals surface area contributed by atoms with Crippen molar-refractivity contribution in [3.63, 3.8) is 0 Å². The van der Waals surface area contributed by atoms with Gasteiger partial charge < -0.3 is 9.64 Å². The molecule has 0 saturated carbocycles. The standard InChI is InChI=1S/C20H19F2N3O3/c1-28-20(27)8-9-24(12-14-6-7-16(21)17(22)10-14)19(26)13-25-18-5-3-2-4-15(18)11-23-25/h2-7,10-11H,8-9,12-13H2,1H3. The highest BCUT2D eigenvalue weighted by molar-refractivity contribution is 5.82. The van der Waals surface area contributed by atoms with E-state index in [1.165, 1.54) is 18.1 Å². The van der Waals surface area contributed by atoms with Gasteiger partial charge in [0, 0.05) is 18.5 Å². The van der Waals surface area contributed by atoms with E-state index in [4.69, 9.17) is 0 Å². The van der Waals surface area contributed by atoms with Crippen LogP contribution in [0.25, 0.3) is 10.9 Å². The van der Waals surface area contributed by atoms with Gasteiger partial charge in [0.15, 0.2) is 11.6 Å². The molecule has 3 rings (SSSR count). The minimum atomic E-state index is -0.990. The first kappa shape index (κ1) is 19.5. The van der Waals surface area contributed by atoms with E-state index >= 15 is 0 Å². The number of aromatic nitrogens is 2. The van der Waals surface area contributed by atoms with E-state index in [2.05, 4.69) is 9.84 Å². The minimum absolute atomic E-state index is 0.00816. The number of benzene rings is 2. The van der Waals surface area contributed by atoms with E-state index in [1.807, 2.05) is 24.3 Å². The molecular formula is C20H19F2N3O3. The molecule has 0 unspecified atom stereocenters. The number of rotatable bonds is 7. The second-order valence-corrected chi connectivity index (χ2v) is 6.25. The zero-order chi connectivity index (χ0) is 20.1. The number of amides is 1. The van der Waals surface area contributed by atoms with Crippen LogP contribution in [0.4, 0.5) is 8.78 Å². The fourth-order valence-electron chi connectivity index (χ4n) is 2.86. The molecule has 1 aromatic heterocycles. The summed E-state index contributed by atoms with van der Waals surface area (Å²) in [5.74, 6) is -2.72. The highest BCUT2D eigenvalue weighted by Crippen LogP contribution is 2.15. The van der Waals surface area contributed by atoms with Gasteiger partial charge in [0.2, 0.25) is 5.91 Å². The molecule has 0 spiro atoms. The molecule has 6 nitrogen and oxygen atoms in total. The molecule has 0 fully saturated rings. The Hall–Kier alpha value is -3.29. The number of fused-ring (bicyclic) bond motifs is 1. The molecule has 2 aromatic carbocycles. The number of para-hydroxylation sites is 1. The maximum atomic E-state index is 13.5. The number of nitrogens with zero attached hydrogens (tertiary/aromatic N) is 3. The van der Waals surface area contributed by atoms with Gasteiger partial charge in [-0.05, 0) is 23.8 Å². The van der Waals surface area contributed by atoms with Crippen LogP contribution in [0.1, 0.15) is 12.0 Å². The molecule has 3 aromatic rings. The fraction of sp³-hybridized carbons (Fsp3) is 0.250. The van der Waals surface area contributed by atoms with Crippen molar-refractivity contribution in [1.82, 2.24) is 14.7 Å². The molecule has 0 saturated heterocycles. The van der Waals surface area contributed by atoms with E-state index < -0.39 is 17.6 Å². The molecule has 0 aliphatic rings. The first-order valence-electron chi connectivity index (χ1n) is 8.67. The van der Waals surface area contributed by atoms with Crippen LogP contribution in [0.15, 0.2) is 48.7 Å². The van der Waals surface area contributed by atoms with Gasteiger partial charge >= 0.3 is 5.97 Å². The second kappa shape index (κ2) is 8.60. The molecule has 8 heteroatoms. The number of carbonyl (C=O) groups is 2. The van der Waals surface area contributed by atoms with Crippen LogP contribution in [0.2, 0.25) is 0 Å². The van der Waals surface area contributed by atoms with E-state index in [1.54, 1.807) is 10.9 Å². The van der Waals surface area contributed by atoms with Crippen molar-refractivity contribution in [2.75, 3.05) is 13.7 Å². The largest absolute Gasteiger partial charge is 0.469 e. The van der Waals surface area contributed by atoms with Crippen LogP contribution in [-0.4, -0.2) is 40.2 Å². The number of esters is 1. The Balaban J connectivity index is 1.79. The number of ether oxygens (including phenoxy) is 1. The molecule has 0 atom stereocenters. The Kier molecular flexibility index (Phi) is 5.98. The van der Waals surface area contributed by atoms with Crippen molar-refractivity contribution in [1.29, 1.82) is 0 Å². The summed E-state index contributed by atoms with van der Waals surface area (Å²) in [6.07, 6.45) is 1.66. The van der Waals surface area contributed by atoms with E-state index in [9.17, 15) is 18.4 Å². The number of carbonyl (C=O) groups excluding carboxylic acids is 2. The Labute approximate surface area is 160 Å². The predicted molar refractivity (Wildman–Crippen MR) is 98.1 cm³/mol. The summed E-state index contributed by atoms with van der Waals surface area (Å²) in [6, 6.07) is 10.9. The molecule has 1 heterocycles. The minimum Gasteiger partial charge on any atom is -0.469 e. The fourth-order valence-corrected chi connectivity index (χ4v) is 2.86. The second-order valence-electron chi connectivity index (χ2n) is 6.25. The Morgan fingerprint density at radius 2 is 1.93 bits per heavy atom. The maximum Gasteiger partial charge on any atom is 0.307 e. The van der Waals surface area contributed by atoms with Crippen LogP contribution < -0.4 is 0 Å². The van der Waals surface area contributed by atoms with Gasteiger partial charge in [0.1, 0.15) is 6.54 Å². The van der Waals surface area contributed by atoms with Gasteiger partial charge in [-0.2, -0.15) is 5.10 Å². The van der Waals surface area contributed by atoms with Crippen LogP contribution in [0, 0.1) is 11.6 Å². The molecule has 28 heavy (non-hydrogen) atoms. The highest BCUT2D eigenvalue weighted by atomic mass is 19.2. The lowest BCUT2D eigenvalue weighted by Gasteiger charge is -2.23. The molecule has 0 aliphatic carbocycles. The normalized spacial score (nSPS) is 10.8. The zero-order valence-electron chi connectivity index (χ0n) is 15.3. The summed E-state index contributed by atoms with van der Waals surface area (Å²) < 4.78 is 32.9. The van der Waals surface area contributed by atoms with Crippen molar-refractivity contribution in [3.8, 4) is 0 Å². The van der Waals surface area contributed by atoms with Gasteiger partial charge in [-0.15, -0.1) is 0 Å². The summed E-state index contributed by atoms with van der Waals surface area (Å²) in [7, 11) is 1.26. The van der Waals surface area contributed by atoms with Gasteiger partial charge in [-0.1, -0.05) is 24.3 Å². The lowest BCUT2D eigenvalue weighted by Crippen LogP contribution is -2.35. The summed E-state index contributed by atoms with van der Waals surface area (Å²) >= 11 is 0. The summed E-state index contributed by atoms with van der Waals surface area (Å²) in [5, 5.41) is 5.13. The first-order chi connectivity index (χ1) is 13.5. The molecular weight excluding hydrogens is 368 g/mol. The zero-order valence-corrected chi connectivity index (χ0v) is 15.3. The summed E-state index contributed by atoms with van der Waals surface area (Å²) in [6.45, 7) is 0.0777. The lowest BCUT2D eigenvalue weighted by molar-refractivity contribution is -0.142.